The van der Waals surface area contributed by atoms with Crippen LogP contribution < -0.4 is 10.7 Å². The lowest BCUT2D eigenvalue weighted by Crippen LogP contribution is -2.48. The normalized spacial score (nSPS) is 15.3. The summed E-state index contributed by atoms with van der Waals surface area (Å²) in [6, 6.07) is 0.836. The molecule has 0 radical (unpaired) electrons. The fourth-order valence-electron chi connectivity index (χ4n) is 3.71. The number of aromatic hydroxyl groups is 1. The number of hydrogen-bond donors (Lipinski definition) is 2. The average Bonchev–Trinajstić information content (AvgIpc) is 2.74. The first-order chi connectivity index (χ1) is 15.1. The highest BCUT2D eigenvalue weighted by Crippen LogP contribution is 2.25. The van der Waals surface area contributed by atoms with E-state index in [1.54, 1.807) is 4.90 Å². The molecule has 2 aromatic rings. The Hall–Kier alpha value is -3.30. The number of halogens is 3. The highest BCUT2D eigenvalue weighted by atomic mass is 19.1. The van der Waals surface area contributed by atoms with E-state index in [1.807, 2.05) is 20.8 Å². The van der Waals surface area contributed by atoms with Crippen molar-refractivity contribution in [2.45, 2.75) is 46.3 Å². The minimum absolute atomic E-state index is 0.112. The quantitative estimate of drug-likeness (QED) is 0.707. The molecule has 172 valence electrons. The molecule has 2 amide bonds. The van der Waals surface area contributed by atoms with Crippen molar-refractivity contribution in [3.05, 3.63) is 62.8 Å². The summed E-state index contributed by atoms with van der Waals surface area (Å²) in [5, 5.41) is 12.6. The number of benzene rings is 1. The molecular formula is C22H24F3N3O4. The third-order valence-electron chi connectivity index (χ3n) is 6.04. The minimum atomic E-state index is -1.19. The topological polar surface area (TPSA) is 91.6 Å². The van der Waals surface area contributed by atoms with Gasteiger partial charge in [0.15, 0.2) is 11.4 Å². The van der Waals surface area contributed by atoms with E-state index >= 15 is 0 Å². The number of pyridine rings is 1. The van der Waals surface area contributed by atoms with Crippen molar-refractivity contribution < 1.29 is 27.9 Å². The summed E-state index contributed by atoms with van der Waals surface area (Å²) in [6.07, 6.45) is 1.99. The molecule has 2 heterocycles. The molecule has 0 bridgehead atoms. The summed E-state index contributed by atoms with van der Waals surface area (Å²) >= 11 is 0. The molecule has 2 atom stereocenters. The van der Waals surface area contributed by atoms with Crippen LogP contribution in [0, 0.1) is 23.4 Å². The number of amides is 2. The zero-order valence-corrected chi connectivity index (χ0v) is 17.9. The molecule has 2 N–H and O–H groups in total. The van der Waals surface area contributed by atoms with Crippen LogP contribution in [-0.2, 0) is 13.1 Å². The fraction of sp³-hybridized carbons (Fsp3) is 0.409. The molecule has 0 spiro atoms. The molecule has 1 aliphatic rings. The number of hydrogen-bond acceptors (Lipinski definition) is 4. The van der Waals surface area contributed by atoms with Gasteiger partial charge in [-0.25, -0.2) is 13.2 Å². The monoisotopic (exact) mass is 451 g/mol. The molecule has 10 heteroatoms. The van der Waals surface area contributed by atoms with E-state index in [4.69, 9.17) is 0 Å². The van der Waals surface area contributed by atoms with E-state index in [9.17, 15) is 32.7 Å². The zero-order valence-electron chi connectivity index (χ0n) is 17.9. The SMILES string of the molecule is CCC(C)C(C)N1CCn2cc(C(=O)NCc3c(F)cc(F)cc3F)c(=O)c(O)c2C1=O. The zero-order chi connectivity index (χ0) is 23.7. The number of nitrogens with one attached hydrogen (secondary N) is 1. The van der Waals surface area contributed by atoms with Crippen LogP contribution in [0.4, 0.5) is 13.2 Å². The summed E-state index contributed by atoms with van der Waals surface area (Å²) in [6.45, 7) is 5.83. The Morgan fingerprint density at radius 3 is 2.38 bits per heavy atom. The van der Waals surface area contributed by atoms with Crippen LogP contribution in [0.2, 0.25) is 0 Å². The predicted molar refractivity (Wildman–Crippen MR) is 110 cm³/mol. The van der Waals surface area contributed by atoms with Crippen molar-refractivity contribution in [3.8, 4) is 5.75 Å². The van der Waals surface area contributed by atoms with E-state index in [2.05, 4.69) is 5.32 Å². The third-order valence-corrected chi connectivity index (χ3v) is 6.04. The van der Waals surface area contributed by atoms with Gasteiger partial charge < -0.3 is 19.9 Å². The fourth-order valence-corrected chi connectivity index (χ4v) is 3.71. The lowest BCUT2D eigenvalue weighted by atomic mass is 9.98. The number of rotatable bonds is 6. The van der Waals surface area contributed by atoms with Gasteiger partial charge in [-0.1, -0.05) is 20.3 Å². The Labute approximate surface area is 182 Å². The maximum atomic E-state index is 13.8. The largest absolute Gasteiger partial charge is 0.503 e. The minimum Gasteiger partial charge on any atom is -0.503 e. The van der Waals surface area contributed by atoms with Gasteiger partial charge in [0.25, 0.3) is 11.8 Å². The standard InChI is InChI=1S/C22H24F3N3O4/c1-4-11(2)12(3)28-6-5-27-10-15(19(29)20(30)18(27)22(28)32)21(31)26-9-14-16(24)7-13(23)8-17(14)25/h7-8,10-12,30H,4-6,9H2,1-3H3,(H,26,31). The summed E-state index contributed by atoms with van der Waals surface area (Å²) in [7, 11) is 0. The van der Waals surface area contributed by atoms with Crippen LogP contribution in [0.15, 0.2) is 23.1 Å². The Kier molecular flexibility index (Phi) is 6.61. The van der Waals surface area contributed by atoms with Gasteiger partial charge in [-0.2, -0.15) is 0 Å². The second kappa shape index (κ2) is 9.05. The van der Waals surface area contributed by atoms with Crippen LogP contribution in [-0.4, -0.2) is 39.0 Å². The third kappa shape index (κ3) is 4.21. The van der Waals surface area contributed by atoms with Crippen LogP contribution in [0.5, 0.6) is 5.75 Å². The molecule has 2 unspecified atom stereocenters. The van der Waals surface area contributed by atoms with Gasteiger partial charge in [-0.15, -0.1) is 0 Å². The van der Waals surface area contributed by atoms with E-state index < -0.39 is 58.1 Å². The van der Waals surface area contributed by atoms with Crippen LogP contribution >= 0.6 is 0 Å². The average molecular weight is 451 g/mol. The smallest absolute Gasteiger partial charge is 0.274 e. The molecular weight excluding hydrogens is 427 g/mol. The number of carbonyl (C=O) groups excluding carboxylic acids is 2. The highest BCUT2D eigenvalue weighted by molar-refractivity contribution is 5.99. The van der Waals surface area contributed by atoms with Crippen molar-refractivity contribution in [2.24, 2.45) is 5.92 Å². The second-order valence-electron chi connectivity index (χ2n) is 7.92. The van der Waals surface area contributed by atoms with Gasteiger partial charge in [0.05, 0.1) is 0 Å². The molecule has 1 aromatic heterocycles. The first kappa shape index (κ1) is 23.4. The molecule has 0 aliphatic carbocycles. The van der Waals surface area contributed by atoms with Crippen LogP contribution in [0.25, 0.3) is 0 Å². The van der Waals surface area contributed by atoms with Gasteiger partial charge in [-0.05, 0) is 12.8 Å². The van der Waals surface area contributed by atoms with Gasteiger partial charge in [0, 0.05) is 49.6 Å². The molecule has 0 saturated heterocycles. The number of nitrogens with zero attached hydrogens (tertiary/aromatic N) is 2. The number of fused-ring (bicyclic) bond motifs is 1. The van der Waals surface area contributed by atoms with E-state index in [0.29, 0.717) is 18.7 Å². The Bertz CT molecular complexity index is 1110. The summed E-state index contributed by atoms with van der Waals surface area (Å²) in [5.41, 5.74) is -2.33. The summed E-state index contributed by atoms with van der Waals surface area (Å²) in [5.74, 6) is -5.63. The molecule has 0 fully saturated rings. The Balaban J connectivity index is 1.87. The lowest BCUT2D eigenvalue weighted by molar-refractivity contribution is 0.0564. The molecule has 32 heavy (non-hydrogen) atoms. The first-order valence-corrected chi connectivity index (χ1v) is 10.3. The van der Waals surface area contributed by atoms with E-state index in [-0.39, 0.29) is 24.2 Å². The molecule has 1 aromatic carbocycles. The summed E-state index contributed by atoms with van der Waals surface area (Å²) in [4.78, 5) is 39.6. The van der Waals surface area contributed by atoms with Gasteiger partial charge >= 0.3 is 0 Å². The van der Waals surface area contributed by atoms with Crippen molar-refractivity contribution >= 4 is 11.8 Å². The van der Waals surface area contributed by atoms with E-state index in [0.717, 1.165) is 12.6 Å². The number of aromatic nitrogens is 1. The Morgan fingerprint density at radius 2 is 1.78 bits per heavy atom. The van der Waals surface area contributed by atoms with Crippen molar-refractivity contribution in [2.75, 3.05) is 6.54 Å². The van der Waals surface area contributed by atoms with E-state index in [1.165, 1.54) is 4.57 Å². The van der Waals surface area contributed by atoms with Crippen molar-refractivity contribution in [1.82, 2.24) is 14.8 Å². The first-order valence-electron chi connectivity index (χ1n) is 10.3. The molecule has 7 nitrogen and oxygen atoms in total. The molecule has 1 aliphatic heterocycles. The maximum absolute atomic E-state index is 13.8. The molecule has 0 saturated carbocycles. The highest BCUT2D eigenvalue weighted by Gasteiger charge is 2.34. The van der Waals surface area contributed by atoms with Gasteiger partial charge in [0.2, 0.25) is 5.43 Å². The summed E-state index contributed by atoms with van der Waals surface area (Å²) < 4.78 is 41.9. The maximum Gasteiger partial charge on any atom is 0.274 e. The number of carbonyl (C=O) groups is 2. The van der Waals surface area contributed by atoms with Crippen molar-refractivity contribution in [1.29, 1.82) is 0 Å². The molecule has 3 rings (SSSR count). The van der Waals surface area contributed by atoms with Crippen LogP contribution in [0.1, 0.15) is 53.6 Å². The predicted octanol–water partition coefficient (Wildman–Crippen LogP) is 2.79. The van der Waals surface area contributed by atoms with Crippen molar-refractivity contribution in [3.63, 3.8) is 0 Å². The Morgan fingerprint density at radius 1 is 1.16 bits per heavy atom. The van der Waals surface area contributed by atoms with Crippen LogP contribution in [0.3, 0.4) is 0 Å². The van der Waals surface area contributed by atoms with Gasteiger partial charge in [0.1, 0.15) is 23.0 Å². The second-order valence-corrected chi connectivity index (χ2v) is 7.92. The lowest BCUT2D eigenvalue weighted by Gasteiger charge is -2.37. The van der Waals surface area contributed by atoms with Gasteiger partial charge in [-0.3, -0.25) is 14.4 Å².